The lowest BCUT2D eigenvalue weighted by Crippen LogP contribution is -2.51. The normalized spacial score (nSPS) is 15.4. The lowest BCUT2D eigenvalue weighted by Gasteiger charge is -2.36. The number of hydrogen-bond acceptors (Lipinski definition) is 5. The second-order valence-electron chi connectivity index (χ2n) is 7.90. The molecular weight excluding hydrogens is 459 g/mol. The Bertz CT molecular complexity index is 1070. The summed E-state index contributed by atoms with van der Waals surface area (Å²) in [7, 11) is -3.65. The van der Waals surface area contributed by atoms with Crippen molar-refractivity contribution in [3.63, 3.8) is 0 Å². The Morgan fingerprint density at radius 1 is 1.03 bits per heavy atom. The number of sulfonamides is 1. The number of benzene rings is 2. The fourth-order valence-corrected chi connectivity index (χ4v) is 4.56. The summed E-state index contributed by atoms with van der Waals surface area (Å²) in [5, 5.41) is 0. The van der Waals surface area contributed by atoms with Crippen molar-refractivity contribution in [2.45, 2.75) is 19.8 Å². The molecule has 1 aliphatic heterocycles. The maximum Gasteiger partial charge on any atom is 0.573 e. The number of halogens is 3. The molecule has 0 radical (unpaired) electrons. The first-order chi connectivity index (χ1) is 15.4. The molecule has 1 fully saturated rings. The summed E-state index contributed by atoms with van der Waals surface area (Å²) in [4.78, 5) is 16.6. The molecule has 0 atom stereocenters. The van der Waals surface area contributed by atoms with Crippen molar-refractivity contribution in [3.8, 4) is 5.75 Å². The SMILES string of the molecule is Cc1ccccc1N(CC(=O)N1CCN(Cc2ccc(OC(F)(F)F)cc2)CC1)S(C)(=O)=O. The zero-order chi connectivity index (χ0) is 24.2. The van der Waals surface area contributed by atoms with Crippen molar-refractivity contribution in [1.82, 2.24) is 9.80 Å². The maximum atomic E-state index is 12.9. The van der Waals surface area contributed by atoms with E-state index in [0.717, 1.165) is 21.7 Å². The van der Waals surface area contributed by atoms with Gasteiger partial charge in [0.1, 0.15) is 12.3 Å². The molecule has 2 aromatic carbocycles. The minimum Gasteiger partial charge on any atom is -0.406 e. The highest BCUT2D eigenvalue weighted by molar-refractivity contribution is 7.92. The number of amides is 1. The fourth-order valence-electron chi connectivity index (χ4n) is 3.66. The van der Waals surface area contributed by atoms with Crippen molar-refractivity contribution in [2.24, 2.45) is 0 Å². The minimum absolute atomic E-state index is 0.272. The van der Waals surface area contributed by atoms with Crippen molar-refractivity contribution in [1.29, 1.82) is 0 Å². The number of carbonyl (C=O) groups is 1. The van der Waals surface area contributed by atoms with Gasteiger partial charge in [-0.05, 0) is 36.2 Å². The summed E-state index contributed by atoms with van der Waals surface area (Å²) >= 11 is 0. The second kappa shape index (κ2) is 10.0. The molecule has 1 amide bonds. The van der Waals surface area contributed by atoms with Gasteiger partial charge in [0.25, 0.3) is 0 Å². The standard InChI is InChI=1S/C22H26F3N3O4S/c1-17-5-3-4-6-20(17)28(33(2,30)31)16-21(29)27-13-11-26(12-14-27)15-18-7-9-19(10-8-18)32-22(23,24)25/h3-10H,11-16H2,1-2H3. The molecule has 0 N–H and O–H groups in total. The van der Waals surface area contributed by atoms with Gasteiger partial charge < -0.3 is 9.64 Å². The number of aryl methyl sites for hydroxylation is 1. The van der Waals surface area contributed by atoms with Crippen LogP contribution in [0.15, 0.2) is 48.5 Å². The summed E-state index contributed by atoms with van der Waals surface area (Å²) in [5.74, 6) is -0.553. The van der Waals surface area contributed by atoms with Gasteiger partial charge in [-0.2, -0.15) is 0 Å². The first kappa shape index (κ1) is 24.8. The van der Waals surface area contributed by atoms with Crippen molar-refractivity contribution >= 4 is 21.6 Å². The average Bonchev–Trinajstić information content (AvgIpc) is 2.73. The van der Waals surface area contributed by atoms with Crippen LogP contribution in [0.3, 0.4) is 0 Å². The van der Waals surface area contributed by atoms with E-state index >= 15 is 0 Å². The Kier molecular flexibility index (Phi) is 7.53. The predicted octanol–water partition coefficient (Wildman–Crippen LogP) is 3.00. The van der Waals surface area contributed by atoms with Crippen molar-refractivity contribution in [2.75, 3.05) is 43.3 Å². The number of anilines is 1. The lowest BCUT2D eigenvalue weighted by molar-refractivity contribution is -0.274. The van der Waals surface area contributed by atoms with Crippen LogP contribution < -0.4 is 9.04 Å². The molecule has 3 rings (SSSR count). The quantitative estimate of drug-likeness (QED) is 0.603. The van der Waals surface area contributed by atoms with Crippen LogP contribution in [0.5, 0.6) is 5.75 Å². The predicted molar refractivity (Wildman–Crippen MR) is 118 cm³/mol. The summed E-state index contributed by atoms with van der Waals surface area (Å²) in [6.45, 7) is 4.03. The van der Waals surface area contributed by atoms with Gasteiger partial charge in [0.05, 0.1) is 11.9 Å². The third-order valence-electron chi connectivity index (χ3n) is 5.35. The highest BCUT2D eigenvalue weighted by Gasteiger charge is 2.31. The summed E-state index contributed by atoms with van der Waals surface area (Å²) in [6.07, 6.45) is -3.65. The van der Waals surface area contributed by atoms with E-state index in [1.807, 2.05) is 0 Å². The number of carbonyl (C=O) groups excluding carboxylic acids is 1. The average molecular weight is 486 g/mol. The minimum atomic E-state index is -4.73. The molecule has 0 bridgehead atoms. The number of rotatable bonds is 7. The van der Waals surface area contributed by atoms with E-state index in [0.29, 0.717) is 38.4 Å². The Labute approximate surface area is 191 Å². The van der Waals surface area contributed by atoms with Crippen LogP contribution in [0, 0.1) is 6.92 Å². The smallest absolute Gasteiger partial charge is 0.406 e. The molecule has 0 unspecified atom stereocenters. The van der Waals surface area contributed by atoms with Gasteiger partial charge in [0.2, 0.25) is 15.9 Å². The van der Waals surface area contributed by atoms with Crippen LogP contribution in [0.4, 0.5) is 18.9 Å². The van der Waals surface area contributed by atoms with Crippen molar-refractivity contribution in [3.05, 3.63) is 59.7 Å². The van der Waals surface area contributed by atoms with Gasteiger partial charge in [0, 0.05) is 32.7 Å². The Balaban J connectivity index is 1.55. The van der Waals surface area contributed by atoms with Gasteiger partial charge in [-0.3, -0.25) is 14.0 Å². The fraction of sp³-hybridized carbons (Fsp3) is 0.409. The molecule has 0 spiro atoms. The molecule has 11 heteroatoms. The van der Waals surface area contributed by atoms with Crippen LogP contribution in [0.2, 0.25) is 0 Å². The van der Waals surface area contributed by atoms with Crippen LogP contribution in [-0.4, -0.2) is 69.5 Å². The maximum absolute atomic E-state index is 12.9. The zero-order valence-electron chi connectivity index (χ0n) is 18.4. The summed E-state index contributed by atoms with van der Waals surface area (Å²) in [5.41, 5.74) is 2.06. The largest absolute Gasteiger partial charge is 0.573 e. The molecule has 7 nitrogen and oxygen atoms in total. The van der Waals surface area contributed by atoms with E-state index in [2.05, 4.69) is 9.64 Å². The summed E-state index contributed by atoms with van der Waals surface area (Å²) < 4.78 is 66.5. The van der Waals surface area contributed by atoms with E-state index < -0.39 is 16.4 Å². The first-order valence-electron chi connectivity index (χ1n) is 10.3. The Hall–Kier alpha value is -2.79. The van der Waals surface area contributed by atoms with E-state index in [-0.39, 0.29) is 18.2 Å². The molecule has 0 saturated carbocycles. The highest BCUT2D eigenvalue weighted by atomic mass is 32.2. The monoisotopic (exact) mass is 485 g/mol. The molecule has 1 heterocycles. The van der Waals surface area contributed by atoms with Gasteiger partial charge in [-0.1, -0.05) is 30.3 Å². The van der Waals surface area contributed by atoms with E-state index in [1.165, 1.54) is 12.1 Å². The molecule has 1 aliphatic rings. The van der Waals surface area contributed by atoms with Crippen LogP contribution in [-0.2, 0) is 21.4 Å². The number of nitrogens with zero attached hydrogens (tertiary/aromatic N) is 3. The van der Waals surface area contributed by atoms with Crippen LogP contribution in [0.1, 0.15) is 11.1 Å². The Morgan fingerprint density at radius 2 is 1.64 bits per heavy atom. The molecule has 1 saturated heterocycles. The number of ether oxygens (including phenoxy) is 1. The zero-order valence-corrected chi connectivity index (χ0v) is 19.2. The topological polar surface area (TPSA) is 70.2 Å². The molecule has 180 valence electrons. The van der Waals surface area contributed by atoms with Gasteiger partial charge in [-0.25, -0.2) is 8.42 Å². The first-order valence-corrected chi connectivity index (χ1v) is 12.2. The third kappa shape index (κ3) is 7.10. The Morgan fingerprint density at radius 3 is 2.18 bits per heavy atom. The van der Waals surface area contributed by atoms with E-state index in [1.54, 1.807) is 48.2 Å². The van der Waals surface area contributed by atoms with Gasteiger partial charge in [-0.15, -0.1) is 13.2 Å². The van der Waals surface area contributed by atoms with E-state index in [9.17, 15) is 26.4 Å². The lowest BCUT2D eigenvalue weighted by atomic mass is 10.2. The molecule has 2 aromatic rings. The highest BCUT2D eigenvalue weighted by Crippen LogP contribution is 2.24. The molecule has 0 aliphatic carbocycles. The number of alkyl halides is 3. The van der Waals surface area contributed by atoms with Gasteiger partial charge >= 0.3 is 6.36 Å². The number of para-hydroxylation sites is 1. The summed E-state index contributed by atoms with van der Waals surface area (Å²) in [6, 6.07) is 12.7. The molecular formula is C22H26F3N3O4S. The molecule has 0 aromatic heterocycles. The second-order valence-corrected chi connectivity index (χ2v) is 9.81. The third-order valence-corrected chi connectivity index (χ3v) is 6.48. The van der Waals surface area contributed by atoms with Crippen LogP contribution in [0.25, 0.3) is 0 Å². The van der Waals surface area contributed by atoms with Gasteiger partial charge in [0.15, 0.2) is 0 Å². The molecule has 33 heavy (non-hydrogen) atoms. The van der Waals surface area contributed by atoms with Crippen molar-refractivity contribution < 1.29 is 31.1 Å². The number of piperazine rings is 1. The van der Waals surface area contributed by atoms with E-state index in [4.69, 9.17) is 0 Å². The number of hydrogen-bond donors (Lipinski definition) is 0. The van der Waals surface area contributed by atoms with Crippen LogP contribution >= 0.6 is 0 Å².